The molecule has 0 aromatic rings. The highest BCUT2D eigenvalue weighted by Crippen LogP contribution is 2.50. The first-order valence-electron chi connectivity index (χ1n) is 8.40. The van der Waals surface area contributed by atoms with Gasteiger partial charge in [0.25, 0.3) is 0 Å². The van der Waals surface area contributed by atoms with Crippen LogP contribution in [0.2, 0.25) is 0 Å². The van der Waals surface area contributed by atoms with Crippen molar-refractivity contribution in [2.45, 2.75) is 57.2 Å². The van der Waals surface area contributed by atoms with Crippen molar-refractivity contribution in [3.05, 3.63) is 12.2 Å². The molecule has 3 aliphatic rings. The Hall–Kier alpha value is -1.53. The Labute approximate surface area is 139 Å². The number of methoxy groups -OCH3 is 1. The van der Waals surface area contributed by atoms with Gasteiger partial charge in [-0.1, -0.05) is 12.2 Å². The molecular weight excluding hydrogens is 323 g/mol. The summed E-state index contributed by atoms with van der Waals surface area (Å²) in [4.78, 5) is 22.2. The quantitative estimate of drug-likeness (QED) is 0.436. The summed E-state index contributed by atoms with van der Waals surface area (Å²) in [5, 5.41) is 2.19. The molecular formula is C17H24F3NO3. The van der Waals surface area contributed by atoms with Crippen LogP contribution >= 0.6 is 0 Å². The Kier molecular flexibility index (Phi) is 6.29. The Bertz CT molecular complexity index is 484. The monoisotopic (exact) mass is 347 g/mol. The lowest BCUT2D eigenvalue weighted by Gasteiger charge is -2.51. The van der Waals surface area contributed by atoms with Gasteiger partial charge in [-0.15, -0.1) is 0 Å². The maximum Gasteiger partial charge on any atom is 0.471 e. The first-order chi connectivity index (χ1) is 11.3. The van der Waals surface area contributed by atoms with Gasteiger partial charge in [0.2, 0.25) is 0 Å². The molecule has 0 spiro atoms. The van der Waals surface area contributed by atoms with Crippen LogP contribution in [-0.2, 0) is 14.3 Å². The molecule has 24 heavy (non-hydrogen) atoms. The highest BCUT2D eigenvalue weighted by Gasteiger charge is 2.48. The van der Waals surface area contributed by atoms with Gasteiger partial charge in [0.05, 0.1) is 7.11 Å². The van der Waals surface area contributed by atoms with E-state index in [1.807, 2.05) is 12.2 Å². The first kappa shape index (κ1) is 18.8. The number of amides is 1. The molecule has 3 rings (SSSR count). The third kappa shape index (κ3) is 4.98. The molecule has 0 heterocycles. The van der Waals surface area contributed by atoms with Crippen molar-refractivity contribution in [3.8, 4) is 0 Å². The maximum atomic E-state index is 12.5. The molecule has 0 aliphatic heterocycles. The van der Waals surface area contributed by atoms with Crippen LogP contribution in [0.5, 0.6) is 0 Å². The molecule has 1 amide bonds. The summed E-state index contributed by atoms with van der Waals surface area (Å²) in [6.07, 6.45) is 4.29. The van der Waals surface area contributed by atoms with E-state index >= 15 is 0 Å². The van der Waals surface area contributed by atoms with Crippen LogP contribution in [0.4, 0.5) is 13.2 Å². The number of allylic oxidation sites excluding steroid dienone is 2. The van der Waals surface area contributed by atoms with Gasteiger partial charge < -0.3 is 10.1 Å². The van der Waals surface area contributed by atoms with Crippen molar-refractivity contribution in [1.29, 1.82) is 0 Å². The molecule has 0 aromatic heterocycles. The lowest BCUT2D eigenvalue weighted by Crippen LogP contribution is -2.55. The van der Waals surface area contributed by atoms with Gasteiger partial charge in [-0.3, -0.25) is 9.59 Å². The van der Waals surface area contributed by atoms with Crippen molar-refractivity contribution in [1.82, 2.24) is 5.32 Å². The van der Waals surface area contributed by atoms with Crippen molar-refractivity contribution in [2.75, 3.05) is 7.11 Å². The highest BCUT2D eigenvalue weighted by molar-refractivity contribution is 5.82. The van der Waals surface area contributed by atoms with Gasteiger partial charge in [-0.05, 0) is 56.3 Å². The molecule has 0 radical (unpaired) electrons. The average molecular weight is 347 g/mol. The van der Waals surface area contributed by atoms with E-state index in [0.717, 1.165) is 19.3 Å². The normalized spacial score (nSPS) is 29.2. The van der Waals surface area contributed by atoms with Crippen LogP contribution < -0.4 is 5.32 Å². The maximum absolute atomic E-state index is 12.5. The lowest BCUT2D eigenvalue weighted by atomic mass is 9.57. The van der Waals surface area contributed by atoms with Gasteiger partial charge >= 0.3 is 18.1 Å². The third-order valence-corrected chi connectivity index (χ3v) is 5.11. The number of esters is 1. The number of halogens is 3. The molecule has 136 valence electrons. The number of hydrogen-bond donors (Lipinski definition) is 1. The average Bonchev–Trinajstić information content (AvgIpc) is 2.49. The van der Waals surface area contributed by atoms with E-state index in [9.17, 15) is 22.8 Å². The fourth-order valence-electron chi connectivity index (χ4n) is 3.80. The molecule has 2 atom stereocenters. The van der Waals surface area contributed by atoms with Gasteiger partial charge in [-0.2, -0.15) is 13.2 Å². The van der Waals surface area contributed by atoms with Crippen LogP contribution in [0.1, 0.15) is 44.9 Å². The van der Waals surface area contributed by atoms with Gasteiger partial charge in [0.1, 0.15) is 0 Å². The SMILES string of the molecule is COC(=O)CCCC=CC[C@H]1C2CC(C2)C[C@@H]1NC(=O)C(F)(F)F. The minimum atomic E-state index is -4.82. The minimum absolute atomic E-state index is 0.0677. The van der Waals surface area contributed by atoms with E-state index in [4.69, 9.17) is 0 Å². The standard InChI is InChI=1S/C17H24F3NO3/c1-24-15(22)7-5-3-2-4-6-13-12-8-11(9-12)10-14(13)21-16(23)17(18,19)20/h2,4,11-14H,3,5-10H2,1H3,(H,21,23)/t11?,12?,13-,14-/m0/s1. The van der Waals surface area contributed by atoms with Crippen LogP contribution in [0.25, 0.3) is 0 Å². The van der Waals surface area contributed by atoms with E-state index in [-0.39, 0.29) is 11.9 Å². The summed E-state index contributed by atoms with van der Waals surface area (Å²) in [7, 11) is 1.35. The molecule has 0 unspecified atom stereocenters. The number of hydrogen-bond acceptors (Lipinski definition) is 3. The Balaban J connectivity index is 1.80. The van der Waals surface area contributed by atoms with Crippen LogP contribution in [0.3, 0.4) is 0 Å². The van der Waals surface area contributed by atoms with Crippen molar-refractivity contribution in [3.63, 3.8) is 0 Å². The summed E-state index contributed by atoms with van der Waals surface area (Å²) in [6.45, 7) is 0. The second-order valence-electron chi connectivity index (χ2n) is 6.75. The van der Waals surface area contributed by atoms with Crippen molar-refractivity contribution < 1.29 is 27.5 Å². The number of alkyl halides is 3. The van der Waals surface area contributed by atoms with E-state index in [0.29, 0.717) is 37.5 Å². The minimum Gasteiger partial charge on any atom is -0.469 e. The van der Waals surface area contributed by atoms with Crippen molar-refractivity contribution >= 4 is 11.9 Å². The van der Waals surface area contributed by atoms with E-state index in [2.05, 4.69) is 10.1 Å². The summed E-state index contributed by atoms with van der Waals surface area (Å²) in [6, 6.07) is -0.392. The van der Waals surface area contributed by atoms with E-state index in [1.54, 1.807) is 0 Å². The largest absolute Gasteiger partial charge is 0.471 e. The summed E-state index contributed by atoms with van der Waals surface area (Å²) in [5.74, 6) is -1.15. The smallest absolute Gasteiger partial charge is 0.469 e. The highest BCUT2D eigenvalue weighted by atomic mass is 19.4. The van der Waals surface area contributed by atoms with Crippen LogP contribution in [-0.4, -0.2) is 31.2 Å². The number of nitrogens with one attached hydrogen (secondary N) is 1. The molecule has 7 heteroatoms. The van der Waals surface area contributed by atoms with E-state index < -0.39 is 18.1 Å². The Morgan fingerprint density at radius 1 is 1.21 bits per heavy atom. The number of fused-ring (bicyclic) bond motifs is 2. The zero-order chi connectivity index (χ0) is 17.7. The summed E-state index contributed by atoms with van der Waals surface area (Å²) < 4.78 is 41.9. The fourth-order valence-corrected chi connectivity index (χ4v) is 3.80. The number of unbranched alkanes of at least 4 members (excludes halogenated alkanes) is 1. The van der Waals surface area contributed by atoms with Gasteiger partial charge in [0, 0.05) is 12.5 Å². The summed E-state index contributed by atoms with van der Waals surface area (Å²) >= 11 is 0. The summed E-state index contributed by atoms with van der Waals surface area (Å²) in [5.41, 5.74) is 0. The second kappa shape index (κ2) is 8.03. The molecule has 0 saturated heterocycles. The molecule has 4 nitrogen and oxygen atoms in total. The van der Waals surface area contributed by atoms with Gasteiger partial charge in [-0.25, -0.2) is 0 Å². The molecule has 3 aliphatic carbocycles. The number of carbonyl (C=O) groups is 2. The third-order valence-electron chi connectivity index (χ3n) is 5.11. The second-order valence-corrected chi connectivity index (χ2v) is 6.75. The predicted octanol–water partition coefficient (Wildman–Crippen LogP) is 3.37. The molecule has 3 saturated carbocycles. The zero-order valence-corrected chi connectivity index (χ0v) is 13.8. The van der Waals surface area contributed by atoms with Crippen molar-refractivity contribution in [2.24, 2.45) is 17.8 Å². The van der Waals surface area contributed by atoms with Gasteiger partial charge in [0.15, 0.2) is 0 Å². The fraction of sp³-hybridized carbons (Fsp3) is 0.765. The number of rotatable bonds is 7. The molecule has 0 aromatic carbocycles. The van der Waals surface area contributed by atoms with Crippen LogP contribution in [0.15, 0.2) is 12.2 Å². The van der Waals surface area contributed by atoms with E-state index in [1.165, 1.54) is 7.11 Å². The van der Waals surface area contributed by atoms with Crippen LogP contribution in [0, 0.1) is 17.8 Å². The first-order valence-corrected chi connectivity index (χ1v) is 8.40. The topological polar surface area (TPSA) is 55.4 Å². The lowest BCUT2D eigenvalue weighted by molar-refractivity contribution is -0.176. The zero-order valence-electron chi connectivity index (χ0n) is 13.8. The Morgan fingerprint density at radius 2 is 1.92 bits per heavy atom. The molecule has 2 bridgehead atoms. The number of carbonyl (C=O) groups excluding carboxylic acids is 2. The predicted molar refractivity (Wildman–Crippen MR) is 81.9 cm³/mol. The molecule has 3 fully saturated rings. The Morgan fingerprint density at radius 3 is 2.54 bits per heavy atom. The molecule has 1 N–H and O–H groups in total. The number of ether oxygens (including phenoxy) is 1.